The van der Waals surface area contributed by atoms with Gasteiger partial charge < -0.3 is 0 Å². The average molecular weight is 163 g/mol. The molecule has 1 saturated carbocycles. The zero-order valence-corrected chi connectivity index (χ0v) is 6.64. The van der Waals surface area contributed by atoms with E-state index in [1.807, 2.05) is 6.07 Å². The van der Waals surface area contributed by atoms with Crippen LogP contribution in [0.1, 0.15) is 25.1 Å². The quantitative estimate of drug-likeness (QED) is 0.630. The predicted molar refractivity (Wildman–Crippen MR) is 39.9 cm³/mol. The van der Waals surface area contributed by atoms with Gasteiger partial charge in [0.15, 0.2) is 0 Å². The van der Waals surface area contributed by atoms with Crippen molar-refractivity contribution < 1.29 is 0 Å². The molecular weight excluding hydrogens is 154 g/mol. The van der Waals surface area contributed by atoms with Gasteiger partial charge in [-0.1, -0.05) is 11.5 Å². The second-order valence-electron chi connectivity index (χ2n) is 3.09. The van der Waals surface area contributed by atoms with Gasteiger partial charge in [-0.15, -0.1) is 0 Å². The molecule has 2 rings (SSSR count). The normalized spacial score (nSPS) is 16.9. The number of hydrogen-bond acceptors (Lipinski definition) is 4. The summed E-state index contributed by atoms with van der Waals surface area (Å²) >= 11 is 0. The third kappa shape index (κ3) is 1.16. The largest absolute Gasteiger partial charge is 0.253 e. The number of rotatable bonds is 2. The molecule has 1 aliphatic carbocycles. The lowest BCUT2D eigenvalue weighted by Gasteiger charge is -2.24. The van der Waals surface area contributed by atoms with Crippen LogP contribution in [-0.2, 0) is 6.54 Å². The van der Waals surface area contributed by atoms with Gasteiger partial charge in [0.05, 0.1) is 0 Å². The molecule has 0 bridgehead atoms. The van der Waals surface area contributed by atoms with Crippen LogP contribution in [0.3, 0.4) is 0 Å². The van der Waals surface area contributed by atoms with Crippen LogP contribution in [0.4, 0.5) is 0 Å². The molecule has 5 heteroatoms. The fourth-order valence-corrected chi connectivity index (χ4v) is 1.33. The summed E-state index contributed by atoms with van der Waals surface area (Å²) in [4.78, 5) is 0. The summed E-state index contributed by atoms with van der Waals surface area (Å²) in [5, 5.41) is 19.4. The van der Waals surface area contributed by atoms with Gasteiger partial charge in [0.1, 0.15) is 6.07 Å². The highest BCUT2D eigenvalue weighted by Gasteiger charge is 2.19. The minimum atomic E-state index is 0.321. The first-order chi connectivity index (χ1) is 5.90. The van der Waals surface area contributed by atoms with Gasteiger partial charge in [0.2, 0.25) is 0 Å². The Morgan fingerprint density at radius 3 is 3.00 bits per heavy atom. The van der Waals surface area contributed by atoms with E-state index in [9.17, 15) is 0 Å². The molecule has 0 radical (unpaired) electrons. The van der Waals surface area contributed by atoms with Crippen LogP contribution in [0.2, 0.25) is 0 Å². The highest BCUT2D eigenvalue weighted by Crippen LogP contribution is 2.27. The van der Waals surface area contributed by atoms with Crippen LogP contribution in [0.15, 0.2) is 0 Å². The highest BCUT2D eigenvalue weighted by molar-refractivity contribution is 5.05. The smallest absolute Gasteiger partial charge is 0.217 e. The Kier molecular flexibility index (Phi) is 1.74. The van der Waals surface area contributed by atoms with Gasteiger partial charge in [-0.3, -0.25) is 0 Å². The van der Waals surface area contributed by atoms with Crippen molar-refractivity contribution >= 4 is 0 Å². The van der Waals surface area contributed by atoms with Gasteiger partial charge >= 0.3 is 0 Å². The molecule has 1 aromatic heterocycles. The van der Waals surface area contributed by atoms with Crippen molar-refractivity contribution in [2.45, 2.75) is 25.8 Å². The summed E-state index contributed by atoms with van der Waals surface area (Å²) in [7, 11) is 0. The fourth-order valence-electron chi connectivity index (χ4n) is 1.33. The number of aromatic nitrogens is 4. The van der Waals surface area contributed by atoms with E-state index in [0.29, 0.717) is 11.7 Å². The summed E-state index contributed by atoms with van der Waals surface area (Å²) in [5.41, 5.74) is 0. The first-order valence-electron chi connectivity index (χ1n) is 4.06. The van der Waals surface area contributed by atoms with E-state index in [-0.39, 0.29) is 0 Å². The molecule has 1 fully saturated rings. The SMILES string of the molecule is N#Cc1nnnn1CC1CCC1. The number of nitriles is 1. The second-order valence-corrected chi connectivity index (χ2v) is 3.09. The molecule has 62 valence electrons. The van der Waals surface area contributed by atoms with Crippen LogP contribution in [-0.4, -0.2) is 20.2 Å². The van der Waals surface area contributed by atoms with E-state index in [4.69, 9.17) is 5.26 Å². The van der Waals surface area contributed by atoms with Crippen molar-refractivity contribution in [2.24, 2.45) is 5.92 Å². The lowest BCUT2D eigenvalue weighted by Crippen LogP contribution is -2.19. The van der Waals surface area contributed by atoms with Crippen molar-refractivity contribution in [3.05, 3.63) is 5.82 Å². The Hall–Kier alpha value is -1.44. The zero-order valence-electron chi connectivity index (χ0n) is 6.64. The van der Waals surface area contributed by atoms with Crippen molar-refractivity contribution in [1.29, 1.82) is 5.26 Å². The summed E-state index contributed by atoms with van der Waals surface area (Å²) in [6, 6.07) is 1.96. The van der Waals surface area contributed by atoms with Crippen LogP contribution in [0.5, 0.6) is 0 Å². The Morgan fingerprint density at radius 2 is 2.42 bits per heavy atom. The van der Waals surface area contributed by atoms with E-state index >= 15 is 0 Å². The van der Waals surface area contributed by atoms with Crippen molar-refractivity contribution in [1.82, 2.24) is 20.2 Å². The van der Waals surface area contributed by atoms with Crippen molar-refractivity contribution in [3.8, 4) is 6.07 Å². The lowest BCUT2D eigenvalue weighted by atomic mass is 9.85. The minimum absolute atomic E-state index is 0.321. The molecule has 0 saturated heterocycles. The molecule has 0 atom stereocenters. The van der Waals surface area contributed by atoms with Crippen LogP contribution in [0, 0.1) is 17.2 Å². The fraction of sp³-hybridized carbons (Fsp3) is 0.714. The van der Waals surface area contributed by atoms with E-state index in [1.54, 1.807) is 4.68 Å². The van der Waals surface area contributed by atoms with Crippen molar-refractivity contribution in [2.75, 3.05) is 0 Å². The van der Waals surface area contributed by atoms with Gasteiger partial charge in [0.25, 0.3) is 5.82 Å². The van der Waals surface area contributed by atoms with Crippen LogP contribution in [0.25, 0.3) is 0 Å². The molecule has 1 aromatic rings. The predicted octanol–water partition coefficient (Wildman–Crippen LogP) is 0.345. The average Bonchev–Trinajstić information content (AvgIpc) is 2.43. The van der Waals surface area contributed by atoms with Gasteiger partial charge in [0, 0.05) is 6.54 Å². The summed E-state index contributed by atoms with van der Waals surface area (Å²) < 4.78 is 1.59. The van der Waals surface area contributed by atoms with E-state index in [2.05, 4.69) is 15.5 Å². The molecule has 12 heavy (non-hydrogen) atoms. The molecule has 0 spiro atoms. The molecule has 0 unspecified atom stereocenters. The molecular formula is C7H9N5. The Labute approximate surface area is 70.0 Å². The standard InChI is InChI=1S/C7H9N5/c8-4-7-9-10-11-12(7)5-6-2-1-3-6/h6H,1-3,5H2. The summed E-state index contributed by atoms with van der Waals surface area (Å²) in [5.74, 6) is 1.00. The third-order valence-electron chi connectivity index (χ3n) is 2.29. The lowest BCUT2D eigenvalue weighted by molar-refractivity contribution is 0.263. The maximum atomic E-state index is 8.60. The highest BCUT2D eigenvalue weighted by atomic mass is 15.5. The monoisotopic (exact) mass is 163 g/mol. The maximum absolute atomic E-state index is 8.60. The molecule has 1 heterocycles. The van der Waals surface area contributed by atoms with Crippen LogP contribution >= 0.6 is 0 Å². The Balaban J connectivity index is 2.06. The van der Waals surface area contributed by atoms with E-state index in [1.165, 1.54) is 19.3 Å². The number of tetrazole rings is 1. The molecule has 0 amide bonds. The molecule has 0 N–H and O–H groups in total. The zero-order chi connectivity index (χ0) is 8.39. The first-order valence-corrected chi connectivity index (χ1v) is 4.06. The topological polar surface area (TPSA) is 67.4 Å². The summed E-state index contributed by atoms with van der Waals surface area (Å²) in [6.45, 7) is 0.801. The third-order valence-corrected chi connectivity index (χ3v) is 2.29. The van der Waals surface area contributed by atoms with Gasteiger partial charge in [-0.2, -0.15) is 5.26 Å². The van der Waals surface area contributed by atoms with Gasteiger partial charge in [-0.25, -0.2) is 4.68 Å². The Bertz CT molecular complexity index is 306. The van der Waals surface area contributed by atoms with Crippen molar-refractivity contribution in [3.63, 3.8) is 0 Å². The first kappa shape index (κ1) is 7.22. The molecule has 0 aromatic carbocycles. The molecule has 1 aliphatic rings. The molecule has 5 nitrogen and oxygen atoms in total. The number of nitrogens with zero attached hydrogens (tertiary/aromatic N) is 5. The maximum Gasteiger partial charge on any atom is 0.253 e. The van der Waals surface area contributed by atoms with E-state index < -0.39 is 0 Å². The minimum Gasteiger partial charge on any atom is -0.217 e. The second kappa shape index (κ2) is 2.89. The van der Waals surface area contributed by atoms with Crippen LogP contribution < -0.4 is 0 Å². The van der Waals surface area contributed by atoms with Gasteiger partial charge in [-0.05, 0) is 29.2 Å². The Morgan fingerprint density at radius 1 is 1.58 bits per heavy atom. The van der Waals surface area contributed by atoms with E-state index in [0.717, 1.165) is 6.54 Å². The summed E-state index contributed by atoms with van der Waals surface area (Å²) in [6.07, 6.45) is 3.78. The molecule has 0 aliphatic heterocycles. The number of hydrogen-bond donors (Lipinski definition) is 0.